The summed E-state index contributed by atoms with van der Waals surface area (Å²) in [6.45, 7) is 9.93. The van der Waals surface area contributed by atoms with E-state index >= 15 is 0 Å². The maximum absolute atomic E-state index is 5.42. The van der Waals surface area contributed by atoms with Gasteiger partial charge < -0.3 is 10.2 Å². The van der Waals surface area contributed by atoms with Crippen LogP contribution in [0.4, 0.5) is 5.82 Å². The van der Waals surface area contributed by atoms with Gasteiger partial charge in [0.2, 0.25) is 0 Å². The molecule has 0 fully saturated rings. The van der Waals surface area contributed by atoms with Gasteiger partial charge in [-0.15, -0.1) is 6.42 Å². The van der Waals surface area contributed by atoms with Crippen molar-refractivity contribution in [2.75, 3.05) is 24.5 Å². The molecule has 3 nitrogen and oxygen atoms in total. The van der Waals surface area contributed by atoms with E-state index in [1.54, 1.807) is 0 Å². The van der Waals surface area contributed by atoms with Crippen molar-refractivity contribution in [3.63, 3.8) is 0 Å². The first-order valence-electron chi connectivity index (χ1n) is 7.02. The first kappa shape index (κ1) is 15.5. The van der Waals surface area contributed by atoms with E-state index in [9.17, 15) is 0 Å². The Balaban J connectivity index is 2.66. The molecule has 104 valence electrons. The van der Waals surface area contributed by atoms with Crippen LogP contribution in [0.1, 0.15) is 32.9 Å². The average molecular weight is 259 g/mol. The highest BCUT2D eigenvalue weighted by atomic mass is 15.2. The molecule has 0 radical (unpaired) electrons. The van der Waals surface area contributed by atoms with Gasteiger partial charge in [0, 0.05) is 13.1 Å². The summed E-state index contributed by atoms with van der Waals surface area (Å²) >= 11 is 0. The van der Waals surface area contributed by atoms with Crippen molar-refractivity contribution >= 4 is 5.82 Å². The fraction of sp³-hybridized carbons (Fsp3) is 0.562. The highest BCUT2D eigenvalue weighted by Gasteiger charge is 2.06. The third kappa shape index (κ3) is 5.76. The Morgan fingerprint density at radius 3 is 2.84 bits per heavy atom. The summed E-state index contributed by atoms with van der Waals surface area (Å²) in [5, 5.41) is 3.41. The number of hydrogen-bond donors (Lipinski definition) is 1. The summed E-state index contributed by atoms with van der Waals surface area (Å²) in [5.74, 6) is 4.33. The number of rotatable bonds is 8. The highest BCUT2D eigenvalue weighted by molar-refractivity contribution is 5.40. The lowest BCUT2D eigenvalue weighted by Crippen LogP contribution is -2.26. The second-order valence-corrected chi connectivity index (χ2v) is 5.14. The summed E-state index contributed by atoms with van der Waals surface area (Å²) in [6.07, 6.45) is 6.49. The molecule has 0 spiro atoms. The molecule has 0 bridgehead atoms. The van der Waals surface area contributed by atoms with Gasteiger partial charge in [0.1, 0.15) is 5.82 Å². The highest BCUT2D eigenvalue weighted by Crippen LogP contribution is 2.11. The number of terminal acetylenes is 1. The molecule has 0 aromatic carbocycles. The molecule has 1 aromatic heterocycles. The van der Waals surface area contributed by atoms with Gasteiger partial charge in [-0.25, -0.2) is 4.98 Å². The van der Waals surface area contributed by atoms with E-state index in [2.05, 4.69) is 48.0 Å². The van der Waals surface area contributed by atoms with Crippen molar-refractivity contribution in [3.8, 4) is 12.3 Å². The monoisotopic (exact) mass is 259 g/mol. The van der Waals surface area contributed by atoms with E-state index in [1.807, 2.05) is 12.1 Å². The smallest absolute Gasteiger partial charge is 0.129 e. The van der Waals surface area contributed by atoms with Crippen LogP contribution in [0.3, 0.4) is 0 Å². The third-order valence-electron chi connectivity index (χ3n) is 2.75. The van der Waals surface area contributed by atoms with Gasteiger partial charge in [-0.1, -0.05) is 32.8 Å². The zero-order chi connectivity index (χ0) is 14.1. The Morgan fingerprint density at radius 1 is 1.42 bits per heavy atom. The SMILES string of the molecule is C#CCN(CCC)c1cccc(CNCC(C)C)n1. The molecule has 3 heteroatoms. The molecule has 0 aliphatic heterocycles. The summed E-state index contributed by atoms with van der Waals surface area (Å²) in [7, 11) is 0. The fourth-order valence-corrected chi connectivity index (χ4v) is 1.89. The van der Waals surface area contributed by atoms with Crippen molar-refractivity contribution in [3.05, 3.63) is 23.9 Å². The van der Waals surface area contributed by atoms with E-state index in [-0.39, 0.29) is 0 Å². The Labute approximate surface area is 117 Å². The van der Waals surface area contributed by atoms with Gasteiger partial charge in [-0.05, 0) is 31.0 Å². The Morgan fingerprint density at radius 2 is 2.21 bits per heavy atom. The Kier molecular flexibility index (Phi) is 6.99. The van der Waals surface area contributed by atoms with Gasteiger partial charge in [0.05, 0.1) is 12.2 Å². The number of hydrogen-bond acceptors (Lipinski definition) is 3. The molecule has 1 rings (SSSR count). The van der Waals surface area contributed by atoms with Crippen LogP contribution in [-0.2, 0) is 6.54 Å². The minimum Gasteiger partial charge on any atom is -0.345 e. The summed E-state index contributed by atoms with van der Waals surface area (Å²) in [6, 6.07) is 6.13. The van der Waals surface area contributed by atoms with Crippen LogP contribution < -0.4 is 10.2 Å². The maximum atomic E-state index is 5.42. The molecule has 0 saturated heterocycles. The van der Waals surface area contributed by atoms with Crippen molar-refractivity contribution < 1.29 is 0 Å². The van der Waals surface area contributed by atoms with Crippen LogP contribution in [0.2, 0.25) is 0 Å². The van der Waals surface area contributed by atoms with Gasteiger partial charge in [0.25, 0.3) is 0 Å². The number of anilines is 1. The molecule has 0 atom stereocenters. The van der Waals surface area contributed by atoms with Gasteiger partial charge in [0.15, 0.2) is 0 Å². The standard InChI is InChI=1S/C16H25N3/c1-5-10-19(11-6-2)16-9-7-8-15(18-16)13-17-12-14(3)4/h1,7-9,14,17H,6,10-13H2,2-4H3. The molecular weight excluding hydrogens is 234 g/mol. The van der Waals surface area contributed by atoms with Crippen LogP contribution >= 0.6 is 0 Å². The van der Waals surface area contributed by atoms with Crippen molar-refractivity contribution in [1.29, 1.82) is 0 Å². The topological polar surface area (TPSA) is 28.2 Å². The molecule has 1 aromatic rings. The molecule has 1 N–H and O–H groups in total. The van der Waals surface area contributed by atoms with Crippen LogP contribution in [0.5, 0.6) is 0 Å². The van der Waals surface area contributed by atoms with Gasteiger partial charge >= 0.3 is 0 Å². The number of aromatic nitrogens is 1. The third-order valence-corrected chi connectivity index (χ3v) is 2.75. The van der Waals surface area contributed by atoms with E-state index in [4.69, 9.17) is 6.42 Å². The first-order valence-corrected chi connectivity index (χ1v) is 7.02. The maximum Gasteiger partial charge on any atom is 0.129 e. The van der Waals surface area contributed by atoms with Crippen LogP contribution in [0.25, 0.3) is 0 Å². The molecule has 0 saturated carbocycles. The average Bonchev–Trinajstić information content (AvgIpc) is 2.38. The first-order chi connectivity index (χ1) is 9.17. The van der Waals surface area contributed by atoms with E-state index in [0.717, 1.165) is 37.6 Å². The van der Waals surface area contributed by atoms with Crippen LogP contribution in [0.15, 0.2) is 18.2 Å². The normalized spacial score (nSPS) is 10.5. The summed E-state index contributed by atoms with van der Waals surface area (Å²) in [5.41, 5.74) is 1.07. The van der Waals surface area contributed by atoms with E-state index < -0.39 is 0 Å². The van der Waals surface area contributed by atoms with Crippen molar-refractivity contribution in [1.82, 2.24) is 10.3 Å². The summed E-state index contributed by atoms with van der Waals surface area (Å²) < 4.78 is 0. The predicted octanol–water partition coefficient (Wildman–Crippen LogP) is 2.68. The largest absolute Gasteiger partial charge is 0.345 e. The van der Waals surface area contributed by atoms with E-state index in [0.29, 0.717) is 12.5 Å². The Bertz CT molecular complexity index is 407. The molecular formula is C16H25N3. The number of pyridine rings is 1. The number of nitrogens with one attached hydrogen (secondary N) is 1. The van der Waals surface area contributed by atoms with Gasteiger partial charge in [-0.2, -0.15) is 0 Å². The van der Waals surface area contributed by atoms with Crippen LogP contribution in [0, 0.1) is 18.3 Å². The lowest BCUT2D eigenvalue weighted by Gasteiger charge is -2.21. The fourth-order valence-electron chi connectivity index (χ4n) is 1.89. The van der Waals surface area contributed by atoms with Crippen LogP contribution in [-0.4, -0.2) is 24.6 Å². The number of nitrogens with zero attached hydrogens (tertiary/aromatic N) is 2. The Hall–Kier alpha value is -1.53. The molecule has 0 unspecified atom stereocenters. The van der Waals surface area contributed by atoms with Gasteiger partial charge in [-0.3, -0.25) is 0 Å². The second-order valence-electron chi connectivity index (χ2n) is 5.14. The zero-order valence-corrected chi connectivity index (χ0v) is 12.3. The molecule has 1 heterocycles. The van der Waals surface area contributed by atoms with E-state index in [1.165, 1.54) is 0 Å². The zero-order valence-electron chi connectivity index (χ0n) is 12.3. The minimum absolute atomic E-state index is 0.615. The molecule has 0 aliphatic rings. The quantitative estimate of drug-likeness (QED) is 0.728. The minimum atomic E-state index is 0.615. The lowest BCUT2D eigenvalue weighted by molar-refractivity contribution is 0.548. The second kappa shape index (κ2) is 8.55. The predicted molar refractivity (Wildman–Crippen MR) is 82.1 cm³/mol. The lowest BCUT2D eigenvalue weighted by atomic mass is 10.2. The molecule has 0 amide bonds. The summed E-state index contributed by atoms with van der Waals surface area (Å²) in [4.78, 5) is 6.82. The van der Waals surface area contributed by atoms with Crippen molar-refractivity contribution in [2.24, 2.45) is 5.92 Å². The molecule has 19 heavy (non-hydrogen) atoms. The van der Waals surface area contributed by atoms with Crippen molar-refractivity contribution in [2.45, 2.75) is 33.7 Å². The molecule has 0 aliphatic carbocycles.